The van der Waals surface area contributed by atoms with E-state index < -0.39 is 0 Å². The van der Waals surface area contributed by atoms with E-state index in [2.05, 4.69) is 30.7 Å². The van der Waals surface area contributed by atoms with Gasteiger partial charge in [-0.25, -0.2) is 15.0 Å². The molecule has 12 heteroatoms. The summed E-state index contributed by atoms with van der Waals surface area (Å²) in [5, 5.41) is 12.9. The van der Waals surface area contributed by atoms with Gasteiger partial charge in [0, 0.05) is 61.7 Å². The number of amides is 1. The second kappa shape index (κ2) is 10.0. The maximum atomic E-state index is 12.8. The summed E-state index contributed by atoms with van der Waals surface area (Å²) < 4.78 is 12.7. The van der Waals surface area contributed by atoms with Crippen LogP contribution >= 0.6 is 0 Å². The third kappa shape index (κ3) is 4.67. The third-order valence-electron chi connectivity index (χ3n) is 7.24. The standard InChI is InChI=1S/C27H31N9O3/c1-15(14-38-3)35-6-4-18-10-23(34-36(18)13-24(35)37)33-22-9-17-8-21(32-26(28)20(17)12-30-22)19-11-31-27-25(16(19)2)29-5-7-39-27/h8-12,15,29H,4-7,13-14H2,1-3H3,(H2,28,32)(H,30,33,34). The van der Waals surface area contributed by atoms with Gasteiger partial charge in [-0.05, 0) is 36.9 Å². The van der Waals surface area contributed by atoms with E-state index in [1.165, 1.54) is 0 Å². The van der Waals surface area contributed by atoms with Crippen molar-refractivity contribution in [3.63, 3.8) is 0 Å². The van der Waals surface area contributed by atoms with E-state index in [1.807, 2.05) is 36.9 Å². The van der Waals surface area contributed by atoms with Gasteiger partial charge in [-0.15, -0.1) is 0 Å². The highest BCUT2D eigenvalue weighted by Crippen LogP contribution is 2.36. The summed E-state index contributed by atoms with van der Waals surface area (Å²) in [4.78, 5) is 28.3. The zero-order chi connectivity index (χ0) is 27.1. The molecule has 39 heavy (non-hydrogen) atoms. The van der Waals surface area contributed by atoms with Gasteiger partial charge in [-0.3, -0.25) is 9.48 Å². The summed E-state index contributed by atoms with van der Waals surface area (Å²) in [5.41, 5.74) is 10.8. The SMILES string of the molecule is COCC(C)N1CCc2cc(Nc3cc4cc(-c5cnc6c(c5C)NCCO6)nc(N)c4cn3)nn2CC1=O. The number of nitrogens with zero attached hydrogens (tertiary/aromatic N) is 6. The largest absolute Gasteiger partial charge is 0.474 e. The van der Waals surface area contributed by atoms with E-state index >= 15 is 0 Å². The fraction of sp³-hybridized carbons (Fsp3) is 0.370. The molecule has 6 rings (SSSR count). The Bertz CT molecular complexity index is 1570. The molecule has 0 radical (unpaired) electrons. The average Bonchev–Trinajstić information content (AvgIpc) is 3.21. The molecule has 1 atom stereocenters. The summed E-state index contributed by atoms with van der Waals surface area (Å²) in [5.74, 6) is 2.27. The third-order valence-corrected chi connectivity index (χ3v) is 7.24. The molecule has 0 bridgehead atoms. The van der Waals surface area contributed by atoms with Crippen molar-refractivity contribution in [2.45, 2.75) is 32.9 Å². The van der Waals surface area contributed by atoms with Gasteiger partial charge in [-0.1, -0.05) is 0 Å². The Hall–Kier alpha value is -4.45. The number of pyridine rings is 3. The number of methoxy groups -OCH3 is 1. The van der Waals surface area contributed by atoms with Crippen molar-refractivity contribution in [2.75, 3.05) is 49.8 Å². The van der Waals surface area contributed by atoms with E-state index in [-0.39, 0.29) is 18.5 Å². The van der Waals surface area contributed by atoms with Gasteiger partial charge in [0.05, 0.1) is 18.3 Å². The summed E-state index contributed by atoms with van der Waals surface area (Å²) in [6, 6.07) is 5.88. The topological polar surface area (TPSA) is 145 Å². The number of hydrogen-bond acceptors (Lipinski definition) is 10. The molecule has 12 nitrogen and oxygen atoms in total. The number of nitrogens with two attached hydrogens (primary N) is 1. The van der Waals surface area contributed by atoms with Crippen LogP contribution in [0.15, 0.2) is 30.6 Å². The Labute approximate surface area is 225 Å². The molecular formula is C27H31N9O3. The average molecular weight is 530 g/mol. The van der Waals surface area contributed by atoms with Crippen LogP contribution in [0, 0.1) is 6.92 Å². The summed E-state index contributed by atoms with van der Waals surface area (Å²) in [6.07, 6.45) is 4.18. The molecule has 4 N–H and O–H groups in total. The molecule has 2 aliphatic rings. The van der Waals surface area contributed by atoms with Gasteiger partial charge >= 0.3 is 0 Å². The number of nitrogens with one attached hydrogen (secondary N) is 2. The van der Waals surface area contributed by atoms with Crippen LogP contribution in [0.5, 0.6) is 5.88 Å². The number of hydrogen-bond donors (Lipinski definition) is 3. The van der Waals surface area contributed by atoms with Crippen molar-refractivity contribution in [3.8, 4) is 17.1 Å². The molecule has 1 unspecified atom stereocenters. The van der Waals surface area contributed by atoms with E-state index in [4.69, 9.17) is 15.2 Å². The Balaban J connectivity index is 1.26. The van der Waals surface area contributed by atoms with E-state index in [1.54, 1.807) is 24.2 Å². The number of rotatable bonds is 6. The normalized spacial score (nSPS) is 15.7. The van der Waals surface area contributed by atoms with Crippen LogP contribution in [0.3, 0.4) is 0 Å². The second-order valence-corrected chi connectivity index (χ2v) is 9.88. The van der Waals surface area contributed by atoms with Crippen LogP contribution in [-0.4, -0.2) is 75.0 Å². The number of carbonyl (C=O) groups is 1. The zero-order valence-electron chi connectivity index (χ0n) is 22.2. The Kier molecular flexibility index (Phi) is 6.39. The summed E-state index contributed by atoms with van der Waals surface area (Å²) in [6.45, 7) is 6.64. The fourth-order valence-corrected chi connectivity index (χ4v) is 5.22. The van der Waals surface area contributed by atoms with Crippen molar-refractivity contribution < 1.29 is 14.3 Å². The minimum atomic E-state index is 0.0174. The molecule has 0 saturated heterocycles. The molecular weight excluding hydrogens is 498 g/mol. The minimum Gasteiger partial charge on any atom is -0.474 e. The molecule has 0 fully saturated rings. The van der Waals surface area contributed by atoms with E-state index in [0.717, 1.165) is 45.5 Å². The van der Waals surface area contributed by atoms with Gasteiger partial charge < -0.3 is 30.7 Å². The van der Waals surface area contributed by atoms with Crippen molar-refractivity contribution in [3.05, 3.63) is 41.9 Å². The smallest absolute Gasteiger partial charge is 0.244 e. The highest BCUT2D eigenvalue weighted by atomic mass is 16.5. The number of fused-ring (bicyclic) bond motifs is 3. The first-order chi connectivity index (χ1) is 18.9. The fourth-order valence-electron chi connectivity index (χ4n) is 5.22. The van der Waals surface area contributed by atoms with Crippen molar-refractivity contribution >= 4 is 39.8 Å². The highest BCUT2D eigenvalue weighted by Gasteiger charge is 2.26. The maximum absolute atomic E-state index is 12.8. The number of carbonyl (C=O) groups excluding carboxylic acids is 1. The molecule has 1 amide bonds. The predicted molar refractivity (Wildman–Crippen MR) is 148 cm³/mol. The molecule has 4 aromatic rings. The van der Waals surface area contributed by atoms with Gasteiger partial charge in [-0.2, -0.15) is 5.10 Å². The molecule has 4 aromatic heterocycles. The number of ether oxygens (including phenoxy) is 2. The van der Waals surface area contributed by atoms with Gasteiger partial charge in [0.1, 0.15) is 30.5 Å². The van der Waals surface area contributed by atoms with Crippen molar-refractivity contribution in [1.29, 1.82) is 0 Å². The lowest BCUT2D eigenvalue weighted by molar-refractivity contribution is -0.134. The van der Waals surface area contributed by atoms with Crippen molar-refractivity contribution in [1.82, 2.24) is 29.6 Å². The second-order valence-electron chi connectivity index (χ2n) is 9.88. The lowest BCUT2D eigenvalue weighted by Gasteiger charge is -2.27. The Morgan fingerprint density at radius 3 is 2.95 bits per heavy atom. The number of nitrogen functional groups attached to an aromatic ring is 1. The molecule has 0 saturated carbocycles. The van der Waals surface area contributed by atoms with Crippen LogP contribution in [0.25, 0.3) is 22.0 Å². The van der Waals surface area contributed by atoms with Crippen LogP contribution in [0.2, 0.25) is 0 Å². The molecule has 0 aliphatic carbocycles. The maximum Gasteiger partial charge on any atom is 0.244 e. The Morgan fingerprint density at radius 2 is 2.10 bits per heavy atom. The molecule has 202 valence electrons. The van der Waals surface area contributed by atoms with E-state index in [9.17, 15) is 4.79 Å². The number of aromatic nitrogens is 5. The van der Waals surface area contributed by atoms with Gasteiger partial charge in [0.25, 0.3) is 0 Å². The molecule has 2 aliphatic heterocycles. The van der Waals surface area contributed by atoms with Gasteiger partial charge in [0.15, 0.2) is 5.82 Å². The predicted octanol–water partition coefficient (Wildman–Crippen LogP) is 2.75. The quantitative estimate of drug-likeness (QED) is 0.341. The van der Waals surface area contributed by atoms with Crippen LogP contribution < -0.4 is 21.1 Å². The monoisotopic (exact) mass is 529 g/mol. The molecule has 0 spiro atoms. The van der Waals surface area contributed by atoms with Crippen molar-refractivity contribution in [2.24, 2.45) is 0 Å². The first kappa shape index (κ1) is 24.9. The lowest BCUT2D eigenvalue weighted by Crippen LogP contribution is -2.42. The summed E-state index contributed by atoms with van der Waals surface area (Å²) in [7, 11) is 1.65. The minimum absolute atomic E-state index is 0.0174. The molecule has 0 aromatic carbocycles. The van der Waals surface area contributed by atoms with Crippen LogP contribution in [0.4, 0.5) is 23.1 Å². The van der Waals surface area contributed by atoms with Crippen LogP contribution in [0.1, 0.15) is 18.2 Å². The molecule has 6 heterocycles. The first-order valence-corrected chi connectivity index (χ1v) is 13.0. The summed E-state index contributed by atoms with van der Waals surface area (Å²) >= 11 is 0. The number of anilines is 4. The van der Waals surface area contributed by atoms with Gasteiger partial charge in [0.2, 0.25) is 11.8 Å². The van der Waals surface area contributed by atoms with E-state index in [0.29, 0.717) is 49.5 Å². The Morgan fingerprint density at radius 1 is 1.23 bits per heavy atom. The zero-order valence-corrected chi connectivity index (χ0v) is 22.2. The first-order valence-electron chi connectivity index (χ1n) is 13.0. The highest BCUT2D eigenvalue weighted by molar-refractivity contribution is 5.95. The van der Waals surface area contributed by atoms with Crippen LogP contribution in [-0.2, 0) is 22.5 Å². The lowest BCUT2D eigenvalue weighted by atomic mass is 10.0.